The number of nitrogens with zero attached hydrogens (tertiary/aromatic N) is 4. The van der Waals surface area contributed by atoms with E-state index in [0.29, 0.717) is 50.9 Å². The minimum atomic E-state index is -0.258. The number of fused-ring (bicyclic) bond motifs is 3. The molecule has 2 fully saturated rings. The molecule has 2 N–H and O–H groups in total. The molecule has 10 nitrogen and oxygen atoms in total. The summed E-state index contributed by atoms with van der Waals surface area (Å²) in [5.74, 6) is 1.48. The zero-order chi connectivity index (χ0) is 24.6. The summed E-state index contributed by atoms with van der Waals surface area (Å²) in [5.41, 5.74) is 4.14. The van der Waals surface area contributed by atoms with Crippen molar-refractivity contribution < 1.29 is 14.3 Å². The molecular formula is C26H28N6O4. The van der Waals surface area contributed by atoms with Crippen LogP contribution in [0.25, 0.3) is 22.8 Å². The molecule has 0 unspecified atom stereocenters. The van der Waals surface area contributed by atoms with E-state index in [1.54, 1.807) is 16.7 Å². The van der Waals surface area contributed by atoms with Crippen LogP contribution >= 0.6 is 0 Å². The van der Waals surface area contributed by atoms with Crippen molar-refractivity contribution in [2.45, 2.75) is 32.0 Å². The first-order valence-electron chi connectivity index (χ1n) is 12.3. The highest BCUT2D eigenvalue weighted by Crippen LogP contribution is 2.36. The molecular weight excluding hydrogens is 460 g/mol. The number of urea groups is 1. The number of carbonyl (C=O) groups excluding carboxylic acids is 1. The Morgan fingerprint density at radius 2 is 1.86 bits per heavy atom. The van der Waals surface area contributed by atoms with Crippen LogP contribution in [0.3, 0.4) is 0 Å². The first-order valence-corrected chi connectivity index (χ1v) is 12.3. The number of nitrogens with one attached hydrogen (secondary N) is 2. The number of amides is 2. The van der Waals surface area contributed by atoms with Gasteiger partial charge in [0.2, 0.25) is 0 Å². The largest absolute Gasteiger partial charge is 0.377 e. The molecule has 3 aromatic rings. The first-order chi connectivity index (χ1) is 17.6. The lowest BCUT2D eigenvalue weighted by atomic mass is 10.0. The van der Waals surface area contributed by atoms with Gasteiger partial charge in [-0.1, -0.05) is 6.07 Å². The molecule has 6 rings (SSSR count). The molecule has 0 spiro atoms. The van der Waals surface area contributed by atoms with E-state index in [2.05, 4.69) is 22.5 Å². The minimum absolute atomic E-state index is 0.0261. The molecule has 10 heteroatoms. The zero-order valence-corrected chi connectivity index (χ0v) is 20.1. The van der Waals surface area contributed by atoms with Gasteiger partial charge in [-0.2, -0.15) is 0 Å². The Kier molecular flexibility index (Phi) is 5.90. The number of hydrogen-bond donors (Lipinski definition) is 2. The number of rotatable bonds is 4. The third kappa shape index (κ3) is 4.22. The number of anilines is 2. The Balaban J connectivity index is 1.37. The Labute approximate surface area is 208 Å². The average Bonchev–Trinajstić information content (AvgIpc) is 2.86. The average molecular weight is 489 g/mol. The summed E-state index contributed by atoms with van der Waals surface area (Å²) in [4.78, 5) is 37.0. The normalized spacial score (nSPS) is 19.1. The molecule has 3 aliphatic heterocycles. The van der Waals surface area contributed by atoms with Gasteiger partial charge in [-0.3, -0.25) is 4.79 Å². The van der Waals surface area contributed by atoms with Gasteiger partial charge in [0.05, 0.1) is 49.9 Å². The van der Waals surface area contributed by atoms with Crippen LogP contribution in [-0.4, -0.2) is 65.6 Å². The van der Waals surface area contributed by atoms with Crippen LogP contribution in [0.1, 0.15) is 12.5 Å². The number of pyridine rings is 1. The molecule has 2 aromatic heterocycles. The number of carbonyl (C=O) groups is 1. The molecule has 1 atom stereocenters. The Morgan fingerprint density at radius 3 is 2.61 bits per heavy atom. The molecule has 186 valence electrons. The van der Waals surface area contributed by atoms with Crippen molar-refractivity contribution in [3.8, 4) is 22.8 Å². The Hall–Kier alpha value is -3.76. The van der Waals surface area contributed by atoms with E-state index in [9.17, 15) is 9.59 Å². The smallest absolute Gasteiger partial charge is 0.319 e. The van der Waals surface area contributed by atoms with E-state index in [1.165, 1.54) is 0 Å². The SMILES string of the molecule is C[C@H]1COCCN1c1nc(-c2ccc(NC(=O)NC3COC3)cc2)nc2c1CCn1c-2cccc1=O. The highest BCUT2D eigenvalue weighted by atomic mass is 16.5. The summed E-state index contributed by atoms with van der Waals surface area (Å²) in [5, 5.41) is 5.72. The quantitative estimate of drug-likeness (QED) is 0.580. The fourth-order valence-corrected chi connectivity index (χ4v) is 4.88. The molecule has 36 heavy (non-hydrogen) atoms. The van der Waals surface area contributed by atoms with Crippen molar-refractivity contribution in [1.29, 1.82) is 0 Å². The maximum atomic E-state index is 12.5. The first kappa shape index (κ1) is 22.7. The number of benzene rings is 1. The van der Waals surface area contributed by atoms with Crippen molar-refractivity contribution in [2.24, 2.45) is 0 Å². The number of morpholine rings is 1. The second kappa shape index (κ2) is 9.36. The van der Waals surface area contributed by atoms with Crippen LogP contribution in [0, 0.1) is 0 Å². The highest BCUT2D eigenvalue weighted by molar-refractivity contribution is 5.89. The molecule has 2 saturated heterocycles. The van der Waals surface area contributed by atoms with E-state index in [-0.39, 0.29) is 23.7 Å². The second-order valence-corrected chi connectivity index (χ2v) is 9.38. The van der Waals surface area contributed by atoms with Gasteiger partial charge in [-0.15, -0.1) is 0 Å². The van der Waals surface area contributed by atoms with Crippen molar-refractivity contribution >= 4 is 17.5 Å². The van der Waals surface area contributed by atoms with Gasteiger partial charge in [-0.25, -0.2) is 14.8 Å². The monoisotopic (exact) mass is 488 g/mol. The van der Waals surface area contributed by atoms with Gasteiger partial charge >= 0.3 is 6.03 Å². The van der Waals surface area contributed by atoms with Crippen LogP contribution in [0.4, 0.5) is 16.3 Å². The van der Waals surface area contributed by atoms with Gasteiger partial charge in [0.25, 0.3) is 5.56 Å². The number of ether oxygens (including phenoxy) is 2. The number of aromatic nitrogens is 3. The van der Waals surface area contributed by atoms with E-state index in [1.807, 2.05) is 30.3 Å². The van der Waals surface area contributed by atoms with Gasteiger partial charge in [-0.05, 0) is 43.7 Å². The molecule has 5 heterocycles. The molecule has 0 bridgehead atoms. The predicted molar refractivity (Wildman–Crippen MR) is 135 cm³/mol. The van der Waals surface area contributed by atoms with Crippen LogP contribution in [0.5, 0.6) is 0 Å². The van der Waals surface area contributed by atoms with Gasteiger partial charge in [0, 0.05) is 36.0 Å². The molecule has 3 aliphatic rings. The van der Waals surface area contributed by atoms with E-state index >= 15 is 0 Å². The molecule has 1 aromatic carbocycles. The summed E-state index contributed by atoms with van der Waals surface area (Å²) >= 11 is 0. The van der Waals surface area contributed by atoms with Crippen LogP contribution in [0.15, 0.2) is 47.3 Å². The topological polar surface area (TPSA) is 111 Å². The maximum Gasteiger partial charge on any atom is 0.319 e. The lowest BCUT2D eigenvalue weighted by molar-refractivity contribution is 0.000735. The van der Waals surface area contributed by atoms with Crippen molar-refractivity contribution in [3.05, 3.63) is 58.4 Å². The summed E-state index contributed by atoms with van der Waals surface area (Å²) in [6.45, 7) is 5.85. The van der Waals surface area contributed by atoms with Crippen LogP contribution < -0.4 is 21.1 Å². The second-order valence-electron chi connectivity index (χ2n) is 9.38. The Bertz CT molecular complexity index is 1350. The van der Waals surface area contributed by atoms with Gasteiger partial charge in [0.15, 0.2) is 5.82 Å². The van der Waals surface area contributed by atoms with E-state index in [4.69, 9.17) is 19.4 Å². The minimum Gasteiger partial charge on any atom is -0.377 e. The summed E-state index contributed by atoms with van der Waals surface area (Å²) < 4.78 is 12.5. The van der Waals surface area contributed by atoms with Crippen LogP contribution in [-0.2, 0) is 22.4 Å². The van der Waals surface area contributed by atoms with Crippen molar-refractivity contribution in [2.75, 3.05) is 43.2 Å². The molecule has 0 aliphatic carbocycles. The fourth-order valence-electron chi connectivity index (χ4n) is 4.88. The van der Waals surface area contributed by atoms with Crippen molar-refractivity contribution in [1.82, 2.24) is 19.9 Å². The summed E-state index contributed by atoms with van der Waals surface area (Å²) in [6, 6.07) is 12.8. The molecule has 0 radical (unpaired) electrons. The highest BCUT2D eigenvalue weighted by Gasteiger charge is 2.29. The molecule has 2 amide bonds. The predicted octanol–water partition coefficient (Wildman–Crippen LogP) is 2.27. The van der Waals surface area contributed by atoms with Crippen molar-refractivity contribution in [3.63, 3.8) is 0 Å². The lowest BCUT2D eigenvalue weighted by Crippen LogP contribution is -2.49. The number of hydrogen-bond acceptors (Lipinski definition) is 7. The van der Waals surface area contributed by atoms with Gasteiger partial charge in [0.1, 0.15) is 5.82 Å². The molecule has 0 saturated carbocycles. The lowest BCUT2D eigenvalue weighted by Gasteiger charge is -2.37. The zero-order valence-electron chi connectivity index (χ0n) is 20.1. The van der Waals surface area contributed by atoms with E-state index in [0.717, 1.165) is 34.9 Å². The van der Waals surface area contributed by atoms with Crippen LogP contribution in [0.2, 0.25) is 0 Å². The Morgan fingerprint density at radius 1 is 1.03 bits per heavy atom. The fraction of sp³-hybridized carbons (Fsp3) is 0.385. The van der Waals surface area contributed by atoms with E-state index < -0.39 is 0 Å². The maximum absolute atomic E-state index is 12.5. The summed E-state index contributed by atoms with van der Waals surface area (Å²) in [6.07, 6.45) is 0.690. The third-order valence-electron chi connectivity index (χ3n) is 6.88. The summed E-state index contributed by atoms with van der Waals surface area (Å²) in [7, 11) is 0. The third-order valence-corrected chi connectivity index (χ3v) is 6.88. The standard InChI is InChI=1S/C26H28N6O4/c1-16-13-35-12-11-31(16)25-20-9-10-32-21(3-2-4-22(32)33)23(20)29-24(30-25)17-5-7-18(8-6-17)27-26(34)28-19-14-36-15-19/h2-8,16,19H,9-15H2,1H3,(H2,27,28,34)/t16-/m0/s1. The van der Waals surface area contributed by atoms with Gasteiger partial charge < -0.3 is 29.6 Å².